The summed E-state index contributed by atoms with van der Waals surface area (Å²) in [7, 11) is 0. The van der Waals surface area contributed by atoms with E-state index < -0.39 is 0 Å². The van der Waals surface area contributed by atoms with Gasteiger partial charge in [-0.25, -0.2) is 0 Å². The van der Waals surface area contributed by atoms with Gasteiger partial charge in [-0.3, -0.25) is 0 Å². The van der Waals surface area contributed by atoms with Crippen LogP contribution in [0, 0.1) is 11.8 Å². The van der Waals surface area contributed by atoms with Gasteiger partial charge < -0.3 is 0 Å². The fraction of sp³-hybridized carbons (Fsp3) is 0.800. The largest absolute Gasteiger partial charge is 0.0880 e. The molecule has 62 valence electrons. The molecule has 0 aromatic rings. The average molecular weight is 142 g/mol. The minimum Gasteiger partial charge on any atom is -0.0880 e. The maximum absolute atomic E-state index is 2.33. The second kappa shape index (κ2) is 5.52. The maximum Gasteiger partial charge on any atom is -0.0231 e. The molecular weight excluding hydrogens is 120 g/mol. The molecule has 2 unspecified atom stereocenters. The highest BCUT2D eigenvalue weighted by atomic mass is 14.2. The van der Waals surface area contributed by atoms with Gasteiger partial charge in [0.15, 0.2) is 0 Å². The smallest absolute Gasteiger partial charge is 0.0231 e. The van der Waals surface area contributed by atoms with Crippen LogP contribution in [0.1, 0.15) is 41.5 Å². The van der Waals surface area contributed by atoms with E-state index in [1.165, 1.54) is 12.8 Å². The van der Waals surface area contributed by atoms with E-state index in [-0.39, 0.29) is 14.9 Å². The molecule has 1 aliphatic rings. The van der Waals surface area contributed by atoms with E-state index >= 15 is 0 Å². The Hall–Kier alpha value is -0.260. The van der Waals surface area contributed by atoms with Gasteiger partial charge in [-0.2, -0.15) is 0 Å². The first-order chi connectivity index (χ1) is 3.84. The first-order valence-electron chi connectivity index (χ1n) is 3.51. The van der Waals surface area contributed by atoms with Crippen LogP contribution < -0.4 is 0 Å². The summed E-state index contributed by atoms with van der Waals surface area (Å²) in [5, 5.41) is 0. The molecule has 0 amide bonds. The van der Waals surface area contributed by atoms with Crippen molar-refractivity contribution in [2.75, 3.05) is 0 Å². The molecule has 0 heteroatoms. The fourth-order valence-electron chi connectivity index (χ4n) is 1.38. The summed E-state index contributed by atoms with van der Waals surface area (Å²) < 4.78 is 0. The Morgan fingerprint density at radius 2 is 2.00 bits per heavy atom. The van der Waals surface area contributed by atoms with E-state index in [4.69, 9.17) is 0 Å². The van der Waals surface area contributed by atoms with Gasteiger partial charge in [-0.05, 0) is 18.3 Å². The number of rotatable bonds is 1. The summed E-state index contributed by atoms with van der Waals surface area (Å²) in [6.07, 6.45) is 7.29. The van der Waals surface area contributed by atoms with Crippen LogP contribution in [0.3, 0.4) is 0 Å². The van der Waals surface area contributed by atoms with Gasteiger partial charge in [-0.1, -0.05) is 47.3 Å². The normalized spacial score (nSPS) is 29.0. The van der Waals surface area contributed by atoms with Gasteiger partial charge in [0.2, 0.25) is 0 Å². The zero-order valence-electron chi connectivity index (χ0n) is 5.72. The molecule has 1 rings (SSSR count). The lowest BCUT2D eigenvalue weighted by atomic mass is 9.95. The van der Waals surface area contributed by atoms with Crippen molar-refractivity contribution in [3.05, 3.63) is 12.2 Å². The standard InChI is InChI=1S/C8H14.2CH4/c1-3-8-6-4-5-7(8)2;;/h4-5,7-8H,3,6H2,1-2H3;2*1H4. The third kappa shape index (κ3) is 2.55. The Bertz CT molecular complexity index is 92.2. The van der Waals surface area contributed by atoms with Gasteiger partial charge in [0.05, 0.1) is 0 Å². The van der Waals surface area contributed by atoms with Crippen molar-refractivity contribution in [2.45, 2.75) is 41.5 Å². The number of allylic oxidation sites excluding steroid dienone is 2. The van der Waals surface area contributed by atoms with Gasteiger partial charge in [0, 0.05) is 0 Å². The third-order valence-electron chi connectivity index (χ3n) is 2.15. The fourth-order valence-corrected chi connectivity index (χ4v) is 1.38. The molecule has 0 N–H and O–H groups in total. The quantitative estimate of drug-likeness (QED) is 0.487. The van der Waals surface area contributed by atoms with Crippen LogP contribution in [0.4, 0.5) is 0 Å². The van der Waals surface area contributed by atoms with E-state index in [0.717, 1.165) is 11.8 Å². The van der Waals surface area contributed by atoms with Crippen molar-refractivity contribution in [3.8, 4) is 0 Å². The molecule has 0 fully saturated rings. The minimum absolute atomic E-state index is 0. The van der Waals surface area contributed by atoms with Crippen molar-refractivity contribution in [3.63, 3.8) is 0 Å². The lowest BCUT2D eigenvalue weighted by molar-refractivity contribution is 0.439. The first-order valence-corrected chi connectivity index (χ1v) is 3.51. The Balaban J connectivity index is 0. The molecule has 0 aromatic heterocycles. The van der Waals surface area contributed by atoms with Gasteiger partial charge in [-0.15, -0.1) is 0 Å². The monoisotopic (exact) mass is 142 g/mol. The molecule has 0 aromatic carbocycles. The van der Waals surface area contributed by atoms with E-state index in [1.54, 1.807) is 0 Å². The van der Waals surface area contributed by atoms with E-state index in [9.17, 15) is 0 Å². The summed E-state index contributed by atoms with van der Waals surface area (Å²) in [4.78, 5) is 0. The number of hydrogen-bond donors (Lipinski definition) is 0. The number of hydrogen-bond acceptors (Lipinski definition) is 0. The van der Waals surface area contributed by atoms with Crippen LogP contribution in [-0.2, 0) is 0 Å². The highest BCUT2D eigenvalue weighted by molar-refractivity contribution is 4.98. The zero-order valence-corrected chi connectivity index (χ0v) is 5.72. The second-order valence-electron chi connectivity index (χ2n) is 2.69. The maximum atomic E-state index is 2.33. The van der Waals surface area contributed by atoms with Crippen molar-refractivity contribution >= 4 is 0 Å². The van der Waals surface area contributed by atoms with E-state index in [2.05, 4.69) is 26.0 Å². The van der Waals surface area contributed by atoms with Gasteiger partial charge in [0.1, 0.15) is 0 Å². The topological polar surface area (TPSA) is 0 Å². The van der Waals surface area contributed by atoms with Crippen LogP contribution in [0.15, 0.2) is 12.2 Å². The summed E-state index contributed by atoms with van der Waals surface area (Å²) >= 11 is 0. The molecular formula is C10H22. The van der Waals surface area contributed by atoms with Crippen molar-refractivity contribution < 1.29 is 0 Å². The molecule has 0 saturated heterocycles. The molecule has 0 heterocycles. The molecule has 0 saturated carbocycles. The molecule has 10 heavy (non-hydrogen) atoms. The molecule has 2 atom stereocenters. The third-order valence-corrected chi connectivity index (χ3v) is 2.15. The van der Waals surface area contributed by atoms with Gasteiger partial charge in [0.25, 0.3) is 0 Å². The highest BCUT2D eigenvalue weighted by Crippen LogP contribution is 2.26. The average Bonchev–Trinajstić information content (AvgIpc) is 2.14. The predicted molar refractivity (Wildman–Crippen MR) is 50.2 cm³/mol. The molecule has 0 radical (unpaired) electrons. The van der Waals surface area contributed by atoms with Crippen LogP contribution in [0.25, 0.3) is 0 Å². The van der Waals surface area contributed by atoms with E-state index in [0.29, 0.717) is 0 Å². The second-order valence-corrected chi connectivity index (χ2v) is 2.69. The lowest BCUT2D eigenvalue weighted by Crippen LogP contribution is -2.00. The zero-order chi connectivity index (χ0) is 5.98. The van der Waals surface area contributed by atoms with Crippen molar-refractivity contribution in [2.24, 2.45) is 11.8 Å². The molecule has 1 aliphatic carbocycles. The molecule has 0 nitrogen and oxygen atoms in total. The molecule has 0 aliphatic heterocycles. The Morgan fingerprint density at radius 1 is 1.40 bits per heavy atom. The van der Waals surface area contributed by atoms with Gasteiger partial charge >= 0.3 is 0 Å². The minimum atomic E-state index is 0. The molecule has 0 spiro atoms. The summed E-state index contributed by atoms with van der Waals surface area (Å²) in [6, 6.07) is 0. The summed E-state index contributed by atoms with van der Waals surface area (Å²) in [5.74, 6) is 1.80. The Kier molecular flexibility index (Phi) is 6.85. The Morgan fingerprint density at radius 3 is 2.20 bits per heavy atom. The first kappa shape index (κ1) is 12.4. The van der Waals surface area contributed by atoms with Crippen LogP contribution in [0.5, 0.6) is 0 Å². The highest BCUT2D eigenvalue weighted by Gasteiger charge is 2.15. The lowest BCUT2D eigenvalue weighted by Gasteiger charge is -2.10. The summed E-state index contributed by atoms with van der Waals surface area (Å²) in [6.45, 7) is 4.58. The van der Waals surface area contributed by atoms with E-state index in [1.807, 2.05) is 0 Å². The van der Waals surface area contributed by atoms with Crippen LogP contribution >= 0.6 is 0 Å². The van der Waals surface area contributed by atoms with Crippen molar-refractivity contribution in [1.29, 1.82) is 0 Å². The Labute approximate surface area is 66.3 Å². The molecule has 0 bridgehead atoms. The summed E-state index contributed by atoms with van der Waals surface area (Å²) in [5.41, 5.74) is 0. The van der Waals surface area contributed by atoms with Crippen molar-refractivity contribution in [1.82, 2.24) is 0 Å². The van der Waals surface area contributed by atoms with Crippen LogP contribution in [0.2, 0.25) is 0 Å². The van der Waals surface area contributed by atoms with Crippen LogP contribution in [-0.4, -0.2) is 0 Å². The SMILES string of the molecule is C.C.CCC1CC=CC1C. The predicted octanol–water partition coefficient (Wildman–Crippen LogP) is 3.88.